The molecule has 52 nitrogen and oxygen atoms in total. The van der Waals surface area contributed by atoms with E-state index in [4.69, 9.17) is 39.2 Å². The summed E-state index contributed by atoms with van der Waals surface area (Å²) in [6, 6.07) is -9.60. The maximum absolute atomic E-state index is 15.0. The molecule has 0 spiro atoms. The summed E-state index contributed by atoms with van der Waals surface area (Å²) in [4.78, 5) is 275. The molecule has 0 radical (unpaired) electrons. The van der Waals surface area contributed by atoms with Gasteiger partial charge in [-0.15, -0.1) is 0 Å². The van der Waals surface area contributed by atoms with Crippen LogP contribution in [0.2, 0.25) is 0 Å². The molecule has 0 bridgehead atoms. The molecule has 0 fully saturated rings. The average Bonchev–Trinajstić information content (AvgIpc) is 1.69. The average molecular weight is 2010 g/mol. The van der Waals surface area contributed by atoms with E-state index < -0.39 is 265 Å². The van der Waals surface area contributed by atoms with Gasteiger partial charge in [0.15, 0.2) is 17.9 Å². The summed E-state index contributed by atoms with van der Waals surface area (Å²) in [6.07, 6.45) is 1.56. The molecule has 4 aromatic rings. The number of guanidine groups is 3. The zero-order chi connectivity index (χ0) is 107. The van der Waals surface area contributed by atoms with Crippen LogP contribution in [0.15, 0.2) is 67.3 Å². The third-order valence-corrected chi connectivity index (χ3v) is 22.9. The smallest absolute Gasteiger partial charge is 0.326 e. The number of phenols is 1. The van der Waals surface area contributed by atoms with Crippen LogP contribution in [0.5, 0.6) is 5.75 Å². The first-order valence-electron chi connectivity index (χ1n) is 47.0. The number of aromatic hydroxyl groups is 1. The number of benzene rings is 2. The number of nitrogens with two attached hydrogens (primary N) is 4. The number of carbonyl (C=O) groups excluding carboxylic acids is 16. The fourth-order valence-electron chi connectivity index (χ4n) is 14.6. The topological polar surface area (TPSA) is 854 Å². The third-order valence-electron chi connectivity index (χ3n) is 22.9. The number of aliphatic carboxylic acids is 3. The molecule has 2 aromatic heterocycles. The van der Waals surface area contributed by atoms with Crippen LogP contribution in [0.1, 0.15) is 171 Å². The first-order valence-corrected chi connectivity index (χ1v) is 47.0. The quantitative estimate of drug-likeness (QED) is 0.0111. The summed E-state index contributed by atoms with van der Waals surface area (Å²) >= 11 is 0. The van der Waals surface area contributed by atoms with Crippen LogP contribution in [0.25, 0.3) is 10.9 Å². The number of carbonyl (C=O) groups is 19. The number of nitrogens with zero attached hydrogens (tertiary/aromatic N) is 1. The van der Waals surface area contributed by atoms with E-state index in [-0.39, 0.29) is 120 Å². The van der Waals surface area contributed by atoms with Crippen molar-refractivity contribution in [1.29, 1.82) is 16.2 Å². The minimum absolute atomic E-state index is 0.0373. The van der Waals surface area contributed by atoms with Gasteiger partial charge in [-0.2, -0.15) is 0 Å². The van der Waals surface area contributed by atoms with Gasteiger partial charge in [-0.25, -0.2) is 9.78 Å². The first-order chi connectivity index (χ1) is 67.3. The van der Waals surface area contributed by atoms with Gasteiger partial charge in [0, 0.05) is 67.9 Å². The van der Waals surface area contributed by atoms with Gasteiger partial charge in [0.05, 0.1) is 44.8 Å². The molecule has 0 aliphatic carbocycles. The van der Waals surface area contributed by atoms with Gasteiger partial charge in [0.2, 0.25) is 94.5 Å². The Bertz CT molecular complexity index is 5030. The van der Waals surface area contributed by atoms with Gasteiger partial charge < -0.3 is 154 Å². The second kappa shape index (κ2) is 60.6. The van der Waals surface area contributed by atoms with E-state index in [0.717, 1.165) is 0 Å². The molecule has 143 heavy (non-hydrogen) atoms. The molecule has 0 aliphatic heterocycles. The van der Waals surface area contributed by atoms with E-state index in [1.165, 1.54) is 91.5 Å². The number of aromatic nitrogens is 3. The number of nitrogens with one attached hydrogen (secondary N) is 24. The molecule has 2 aromatic carbocycles. The van der Waals surface area contributed by atoms with E-state index >= 15 is 4.79 Å². The lowest BCUT2D eigenvalue weighted by Crippen LogP contribution is -2.62. The standard InChI is InChI=1S/C91H143N29O23/c1-13-48(11)73(86(140)110-57(22-17-29-100-89(93)94)76(130)105-41-66(123)109-59(88(142)143)24-19-31-102-91(97)98)119-80(134)60(33-50-25-27-53(121)28-26-50)112-83(137)70(45(5)6)116-67(124)42-106-77(131)63(36-68(125)126)111-79(133)61(34-51-38-103-56-21-16-15-20-54(51)56)113-84(138)72(47(9)10)118-81(135)62(35-52-39-99-43-107-52)114-87(141)74(49(12)14-2)120-82(136)64(37-69(127)128)115-85(139)71(46(7)8)117-78(132)58(23-18-30-101-90(95)96)108-65(122)40-104-75(129)55(92)32-44(3)4/h15-16,20-21,25-28,38-39,43-49,55,57-64,70-74,103,121H,13-14,17-19,22-24,29-37,40-42,92H2,1-12H3,(H,99,107)(H,104,129)(H,105,130)(H,106,131)(H,108,122)(H,109,123)(H,110,140)(H,111,133)(H,112,137)(H,113,138)(H,114,141)(H,115,139)(H,116,124)(H,117,132)(H,118,135)(H,119,134)(H,120,136)(H,125,126)(H,127,128)(H,142,143)(H4,93,94,100)(H4,95,96,101)(H4,97,98,102)/t48-,49-,55-,57-,58-,59-,60-,61-,62-,63-,64-,70-,71-,72-,73-,74-/m0/s1. The highest BCUT2D eigenvalue weighted by Gasteiger charge is 2.41. The van der Waals surface area contributed by atoms with Crippen molar-refractivity contribution in [2.24, 2.45) is 58.4 Å². The Kier molecular flexibility index (Phi) is 50.9. The van der Waals surface area contributed by atoms with Crippen molar-refractivity contribution in [3.05, 3.63) is 84.1 Å². The van der Waals surface area contributed by atoms with Crippen molar-refractivity contribution in [2.75, 3.05) is 39.3 Å². The van der Waals surface area contributed by atoms with Crippen LogP contribution in [0.3, 0.4) is 0 Å². The van der Waals surface area contributed by atoms with Crippen molar-refractivity contribution in [1.82, 2.24) is 116 Å². The van der Waals surface area contributed by atoms with E-state index in [1.807, 2.05) is 13.8 Å². The molecule has 4 rings (SSSR count). The molecule has 0 saturated heterocycles. The number of H-pyrrole nitrogens is 2. The number of fused-ring (bicyclic) bond motifs is 1. The first kappa shape index (κ1) is 120. The molecule has 2 heterocycles. The second-order valence-corrected chi connectivity index (χ2v) is 36.2. The Labute approximate surface area is 826 Å². The van der Waals surface area contributed by atoms with Crippen LogP contribution in [-0.2, 0) is 110 Å². The largest absolute Gasteiger partial charge is 0.508 e. The number of carboxylic acid groups (broad SMARTS) is 3. The summed E-state index contributed by atoms with van der Waals surface area (Å²) in [7, 11) is 0. The van der Waals surface area contributed by atoms with Crippen LogP contribution >= 0.6 is 0 Å². The van der Waals surface area contributed by atoms with Gasteiger partial charge in [0.25, 0.3) is 0 Å². The summed E-state index contributed by atoms with van der Waals surface area (Å²) in [5.74, 6) is -25.9. The molecule has 0 unspecified atom stereocenters. The number of phenolic OH excluding ortho intramolecular Hbond substituents is 1. The molecule has 16 atom stereocenters. The summed E-state index contributed by atoms with van der Waals surface area (Å²) in [5.41, 5.74) is 23.8. The normalized spacial score (nSPS) is 14.5. The zero-order valence-electron chi connectivity index (χ0n) is 82.3. The van der Waals surface area contributed by atoms with Gasteiger partial charge in [0.1, 0.15) is 84.3 Å². The van der Waals surface area contributed by atoms with Crippen LogP contribution in [0.4, 0.5) is 0 Å². The minimum atomic E-state index is -2.02. The zero-order valence-corrected chi connectivity index (χ0v) is 82.3. The van der Waals surface area contributed by atoms with Crippen molar-refractivity contribution in [2.45, 2.75) is 258 Å². The SMILES string of the molecule is CC[C@H](C)[C@H](NC(=O)[C@H](Cc1ccc(O)cc1)NC(=O)[C@@H](NC(=O)CNC(=O)[C@H](CC(=O)O)NC(=O)[C@H](Cc1c[nH]c2ccccc12)NC(=O)[C@@H](NC(=O)[C@H](Cc1cnc[nH]1)NC(=O)[C@@H](NC(=O)[C@H](CC(=O)O)NC(=O)[C@@H](NC(=O)[C@H](CCCNC(=N)N)NC(=O)CNC(=O)[C@@H](N)CC(C)C)C(C)C)[C@@H](C)CC)C(C)C)C(C)C)C(=O)N[C@@H](CCCNC(=N)N)C(=O)NCC(=O)N[C@@H](CCCNC(=N)N)C(=O)O. The van der Waals surface area contributed by atoms with Crippen LogP contribution in [-0.4, -0.2) is 290 Å². The number of carboxylic acids is 3. The summed E-state index contributed by atoms with van der Waals surface area (Å²) in [5, 5.41) is 111. The van der Waals surface area contributed by atoms with Crippen molar-refractivity contribution >= 4 is 141 Å². The van der Waals surface area contributed by atoms with E-state index in [2.05, 4.69) is 116 Å². The number of hydrogen-bond acceptors (Lipinski definition) is 25. The molecule has 36 N–H and O–H groups in total. The maximum Gasteiger partial charge on any atom is 0.326 e. The molecule has 16 amide bonds. The van der Waals surface area contributed by atoms with Crippen molar-refractivity contribution in [3.8, 4) is 5.75 Å². The second-order valence-electron chi connectivity index (χ2n) is 36.2. The summed E-state index contributed by atoms with van der Waals surface area (Å²) < 4.78 is 0. The molecule has 0 aliphatic rings. The van der Waals surface area contributed by atoms with Crippen LogP contribution < -0.4 is 124 Å². The Hall–Kier alpha value is -15.3. The maximum atomic E-state index is 15.0. The Balaban J connectivity index is 1.61. The number of aromatic amines is 2. The van der Waals surface area contributed by atoms with E-state index in [0.29, 0.717) is 28.5 Å². The number of amides is 16. The fourth-order valence-corrected chi connectivity index (χ4v) is 14.6. The predicted octanol–water partition coefficient (Wildman–Crippen LogP) is -5.47. The van der Waals surface area contributed by atoms with E-state index in [9.17, 15) is 107 Å². The van der Waals surface area contributed by atoms with Gasteiger partial charge >= 0.3 is 17.9 Å². The lowest BCUT2D eigenvalue weighted by atomic mass is 9.96. The van der Waals surface area contributed by atoms with Crippen molar-refractivity contribution < 1.29 is 112 Å². The van der Waals surface area contributed by atoms with Gasteiger partial charge in [-0.3, -0.25) is 103 Å². The van der Waals surface area contributed by atoms with E-state index in [1.54, 1.807) is 45.0 Å². The fraction of sp³-hybridized carbons (Fsp3) is 0.571. The van der Waals surface area contributed by atoms with Crippen LogP contribution in [0, 0.1) is 51.7 Å². The molecular formula is C91H143N29O23. The highest BCUT2D eigenvalue weighted by atomic mass is 16.4. The van der Waals surface area contributed by atoms with Crippen molar-refractivity contribution in [3.63, 3.8) is 0 Å². The number of para-hydroxylation sites is 1. The number of rotatable bonds is 64. The molecule has 52 heteroatoms. The highest BCUT2D eigenvalue weighted by molar-refractivity contribution is 6.02. The Morgan fingerprint density at radius 3 is 1.17 bits per heavy atom. The minimum Gasteiger partial charge on any atom is -0.508 e. The number of hydrogen-bond donors (Lipinski definition) is 32. The lowest BCUT2D eigenvalue weighted by Gasteiger charge is -2.30. The highest BCUT2D eigenvalue weighted by Crippen LogP contribution is 2.22. The molecular weight excluding hydrogens is 1870 g/mol. The molecule has 790 valence electrons. The Morgan fingerprint density at radius 1 is 0.385 bits per heavy atom. The van der Waals surface area contributed by atoms with Gasteiger partial charge in [-0.05, 0) is 110 Å². The number of imidazole rings is 1. The Morgan fingerprint density at radius 2 is 0.741 bits per heavy atom. The third kappa shape index (κ3) is 43.1. The summed E-state index contributed by atoms with van der Waals surface area (Å²) in [6.45, 7) is 17.1. The molecule has 0 saturated carbocycles. The van der Waals surface area contributed by atoms with Gasteiger partial charge in [-0.1, -0.05) is 126 Å². The lowest BCUT2D eigenvalue weighted by molar-refractivity contribution is -0.142. The predicted molar refractivity (Wildman–Crippen MR) is 521 cm³/mol. The monoisotopic (exact) mass is 2010 g/mol.